The van der Waals surface area contributed by atoms with Crippen LogP contribution in [-0.2, 0) is 16.1 Å². The van der Waals surface area contributed by atoms with E-state index in [0.717, 1.165) is 23.1 Å². The van der Waals surface area contributed by atoms with Crippen LogP contribution in [0.25, 0.3) is 0 Å². The maximum atomic E-state index is 12.2. The van der Waals surface area contributed by atoms with Crippen LogP contribution in [0.5, 0.6) is 0 Å². The highest BCUT2D eigenvalue weighted by atomic mass is 16.1. The van der Waals surface area contributed by atoms with Crippen LogP contribution in [0.1, 0.15) is 19.4 Å². The smallest absolute Gasteiger partial charge is 0.253 e. The van der Waals surface area contributed by atoms with Gasteiger partial charge in [0.1, 0.15) is 0 Å². The first-order chi connectivity index (χ1) is 10.6. The van der Waals surface area contributed by atoms with Gasteiger partial charge in [0.25, 0.3) is 5.91 Å². The Morgan fingerprint density at radius 3 is 2.45 bits per heavy atom. The van der Waals surface area contributed by atoms with Crippen molar-refractivity contribution < 1.29 is 9.59 Å². The first-order valence-corrected chi connectivity index (χ1v) is 7.16. The molecule has 0 bridgehead atoms. The van der Waals surface area contributed by atoms with E-state index in [0.29, 0.717) is 17.7 Å². The highest BCUT2D eigenvalue weighted by Gasteiger charge is 2.24. The number of nitrogens with zero attached hydrogens (tertiary/aromatic N) is 1. The van der Waals surface area contributed by atoms with Gasteiger partial charge in [-0.05, 0) is 25.5 Å². The van der Waals surface area contributed by atoms with Crippen molar-refractivity contribution >= 4 is 12.2 Å². The van der Waals surface area contributed by atoms with Gasteiger partial charge in [-0.3, -0.25) is 9.59 Å². The molecule has 1 amide bonds. The Hall–Kier alpha value is -2.62. The Kier molecular flexibility index (Phi) is 4.94. The van der Waals surface area contributed by atoms with Gasteiger partial charge < -0.3 is 10.2 Å². The van der Waals surface area contributed by atoms with Crippen LogP contribution in [0.2, 0.25) is 0 Å². The summed E-state index contributed by atoms with van der Waals surface area (Å²) in [5.41, 5.74) is 3.98. The molecule has 4 nitrogen and oxygen atoms in total. The number of hydrogen-bond acceptors (Lipinski definition) is 3. The molecule has 0 spiro atoms. The van der Waals surface area contributed by atoms with Crippen LogP contribution >= 0.6 is 0 Å². The van der Waals surface area contributed by atoms with Gasteiger partial charge in [0.2, 0.25) is 0 Å². The standard InChI is InChI=1S/C18H20N2O2/c1-13(2)17-16(18(22)19-3)9-15(12-21)11-20(17)10-14-7-5-4-6-8-14/h4-9,11-12H,10H2,1-3H3,(H,19,22). The number of aldehydes is 1. The van der Waals surface area contributed by atoms with Gasteiger partial charge >= 0.3 is 0 Å². The fourth-order valence-electron chi connectivity index (χ4n) is 2.51. The molecule has 1 heterocycles. The number of nitrogens with one attached hydrogen (secondary N) is 1. The molecule has 0 aliphatic carbocycles. The molecular weight excluding hydrogens is 276 g/mol. The van der Waals surface area contributed by atoms with Crippen molar-refractivity contribution in [2.45, 2.75) is 20.4 Å². The minimum Gasteiger partial charge on any atom is -0.355 e. The lowest BCUT2D eigenvalue weighted by Crippen LogP contribution is -2.30. The summed E-state index contributed by atoms with van der Waals surface area (Å²) in [7, 11) is 1.59. The minimum atomic E-state index is -0.193. The second-order valence-corrected chi connectivity index (χ2v) is 5.35. The summed E-state index contributed by atoms with van der Waals surface area (Å²) in [4.78, 5) is 25.3. The van der Waals surface area contributed by atoms with E-state index in [9.17, 15) is 9.59 Å². The van der Waals surface area contributed by atoms with Crippen molar-refractivity contribution in [2.24, 2.45) is 0 Å². The molecule has 0 atom stereocenters. The van der Waals surface area contributed by atoms with Crippen LogP contribution in [0.15, 0.2) is 65.0 Å². The number of hydrogen-bond donors (Lipinski definition) is 1. The van der Waals surface area contributed by atoms with Crippen LogP contribution in [-0.4, -0.2) is 24.1 Å². The number of carbonyl (C=O) groups is 2. The Balaban J connectivity index is 2.45. The van der Waals surface area contributed by atoms with Gasteiger partial charge in [-0.15, -0.1) is 0 Å². The van der Waals surface area contributed by atoms with Gasteiger partial charge in [0, 0.05) is 25.4 Å². The first kappa shape index (κ1) is 15.8. The normalized spacial score (nSPS) is 14.1. The molecule has 1 aliphatic rings. The molecule has 1 aliphatic heterocycles. The average Bonchev–Trinajstić information content (AvgIpc) is 2.53. The maximum Gasteiger partial charge on any atom is 0.253 e. The van der Waals surface area contributed by atoms with Crippen LogP contribution in [0.3, 0.4) is 0 Å². The predicted molar refractivity (Wildman–Crippen MR) is 86.7 cm³/mol. The van der Waals surface area contributed by atoms with Crippen molar-refractivity contribution in [3.8, 4) is 0 Å². The summed E-state index contributed by atoms with van der Waals surface area (Å²) in [6.07, 6.45) is 4.19. The van der Waals surface area contributed by atoms with E-state index in [-0.39, 0.29) is 5.91 Å². The molecule has 0 radical (unpaired) electrons. The lowest BCUT2D eigenvalue weighted by atomic mass is 9.99. The fraction of sp³-hybridized carbons (Fsp3) is 0.222. The second-order valence-electron chi connectivity index (χ2n) is 5.35. The highest BCUT2D eigenvalue weighted by molar-refractivity contribution is 6.00. The van der Waals surface area contributed by atoms with Gasteiger partial charge in [-0.2, -0.15) is 0 Å². The Bertz CT molecular complexity index is 666. The van der Waals surface area contributed by atoms with Gasteiger partial charge in [-0.25, -0.2) is 0 Å². The molecular formula is C18H20N2O2. The van der Waals surface area contributed by atoms with E-state index in [1.54, 1.807) is 19.3 Å². The van der Waals surface area contributed by atoms with Crippen LogP contribution in [0, 0.1) is 0 Å². The zero-order valence-corrected chi connectivity index (χ0v) is 13.1. The molecule has 114 valence electrons. The van der Waals surface area contributed by atoms with Crippen molar-refractivity contribution in [1.82, 2.24) is 10.2 Å². The van der Waals surface area contributed by atoms with E-state index in [1.165, 1.54) is 0 Å². The third-order valence-electron chi connectivity index (χ3n) is 3.44. The fourth-order valence-corrected chi connectivity index (χ4v) is 2.51. The monoisotopic (exact) mass is 296 g/mol. The third-order valence-corrected chi connectivity index (χ3v) is 3.44. The SMILES string of the molecule is CNC(=O)C1=CC(C=O)=CN(Cc2ccccc2)C1=C(C)C. The average molecular weight is 296 g/mol. The summed E-state index contributed by atoms with van der Waals surface area (Å²) in [5.74, 6) is -0.193. The predicted octanol–water partition coefficient (Wildman–Crippen LogP) is 2.55. The number of benzene rings is 1. The number of amides is 1. The maximum absolute atomic E-state index is 12.2. The quantitative estimate of drug-likeness (QED) is 0.869. The number of carbonyl (C=O) groups excluding carboxylic acids is 2. The van der Waals surface area contributed by atoms with Crippen LogP contribution in [0.4, 0.5) is 0 Å². The number of allylic oxidation sites excluding steroid dienone is 3. The summed E-state index contributed by atoms with van der Waals surface area (Å²) >= 11 is 0. The summed E-state index contributed by atoms with van der Waals surface area (Å²) in [6.45, 7) is 4.53. The molecule has 0 saturated heterocycles. The zero-order chi connectivity index (χ0) is 16.1. The summed E-state index contributed by atoms with van der Waals surface area (Å²) < 4.78 is 0. The van der Waals surface area contributed by atoms with Gasteiger partial charge in [0.05, 0.1) is 11.3 Å². The van der Waals surface area contributed by atoms with Crippen molar-refractivity contribution in [2.75, 3.05) is 7.05 Å². The molecule has 0 fully saturated rings. The van der Waals surface area contributed by atoms with Crippen LogP contribution < -0.4 is 5.32 Å². The van der Waals surface area contributed by atoms with E-state index in [1.807, 2.05) is 49.1 Å². The molecule has 4 heteroatoms. The lowest BCUT2D eigenvalue weighted by molar-refractivity contribution is -0.116. The molecule has 0 unspecified atom stereocenters. The molecule has 0 saturated carbocycles. The third kappa shape index (κ3) is 3.34. The largest absolute Gasteiger partial charge is 0.355 e. The first-order valence-electron chi connectivity index (χ1n) is 7.16. The molecule has 2 rings (SSSR count). The van der Waals surface area contributed by atoms with Crippen molar-refractivity contribution in [3.63, 3.8) is 0 Å². The molecule has 1 aromatic rings. The Labute approximate surface area is 130 Å². The lowest BCUT2D eigenvalue weighted by Gasteiger charge is -2.30. The van der Waals surface area contributed by atoms with E-state index >= 15 is 0 Å². The topological polar surface area (TPSA) is 49.4 Å². The number of likely N-dealkylation sites (N-methyl/N-ethyl adjacent to an activating group) is 1. The van der Waals surface area contributed by atoms with E-state index in [4.69, 9.17) is 0 Å². The summed E-state index contributed by atoms with van der Waals surface area (Å²) in [5, 5.41) is 2.64. The van der Waals surface area contributed by atoms with Gasteiger partial charge in [-0.1, -0.05) is 35.9 Å². The summed E-state index contributed by atoms with van der Waals surface area (Å²) in [6, 6.07) is 9.95. The van der Waals surface area contributed by atoms with Crippen molar-refractivity contribution in [3.05, 3.63) is 70.6 Å². The highest BCUT2D eigenvalue weighted by Crippen LogP contribution is 2.28. The van der Waals surface area contributed by atoms with E-state index < -0.39 is 0 Å². The second kappa shape index (κ2) is 6.89. The van der Waals surface area contributed by atoms with E-state index in [2.05, 4.69) is 5.32 Å². The Morgan fingerprint density at radius 2 is 1.91 bits per heavy atom. The van der Waals surface area contributed by atoms with Crippen molar-refractivity contribution in [1.29, 1.82) is 0 Å². The molecule has 1 aromatic carbocycles. The van der Waals surface area contributed by atoms with Gasteiger partial charge in [0.15, 0.2) is 6.29 Å². The minimum absolute atomic E-state index is 0.193. The number of rotatable bonds is 4. The Morgan fingerprint density at radius 1 is 1.23 bits per heavy atom. The zero-order valence-electron chi connectivity index (χ0n) is 13.1. The molecule has 1 N–H and O–H groups in total. The molecule has 22 heavy (non-hydrogen) atoms. The molecule has 0 aromatic heterocycles.